The molecule has 0 aliphatic rings. The second-order valence-corrected chi connectivity index (χ2v) is 13.8. The minimum Gasteiger partial charge on any atom is -0.497 e. The van der Waals surface area contributed by atoms with E-state index in [0.717, 1.165) is 5.56 Å². The van der Waals surface area contributed by atoms with Crippen LogP contribution in [0.2, 0.25) is 0 Å². The number of amides is 1. The summed E-state index contributed by atoms with van der Waals surface area (Å²) < 4.78 is 59.4. The Hall–Kier alpha value is -5.89. The first-order chi connectivity index (χ1) is 24.4. The number of hydrogen-bond donors (Lipinski definition) is 2. The van der Waals surface area contributed by atoms with Gasteiger partial charge < -0.3 is 29.0 Å². The molecule has 0 atom stereocenters. The Labute approximate surface area is 297 Å². The minimum atomic E-state index is -4.25. The fraction of sp³-hybridized carbons (Fsp3) is 0.243. The van der Waals surface area contributed by atoms with Gasteiger partial charge in [-0.3, -0.25) is 9.52 Å². The molecule has 2 N–H and O–H groups in total. The van der Waals surface area contributed by atoms with E-state index in [0.29, 0.717) is 28.6 Å². The molecule has 13 nitrogen and oxygen atoms in total. The van der Waals surface area contributed by atoms with Crippen molar-refractivity contribution in [3.8, 4) is 46.0 Å². The molecule has 0 spiro atoms. The van der Waals surface area contributed by atoms with E-state index in [1.807, 2.05) is 20.8 Å². The predicted molar refractivity (Wildman–Crippen MR) is 193 cm³/mol. The third-order valence-electron chi connectivity index (χ3n) is 7.53. The number of anilines is 2. The number of ether oxygens (including phenoxy) is 5. The Kier molecular flexibility index (Phi) is 11.2. The zero-order chi connectivity index (χ0) is 36.6. The third kappa shape index (κ3) is 9.02. The number of hydrogen-bond acceptors (Lipinski definition) is 11. The molecule has 0 aliphatic heterocycles. The van der Waals surface area contributed by atoms with Crippen LogP contribution >= 0.6 is 0 Å². The summed E-state index contributed by atoms with van der Waals surface area (Å²) in [5.41, 5.74) is 1.14. The van der Waals surface area contributed by atoms with Crippen LogP contribution in [0.1, 0.15) is 32.8 Å². The quantitative estimate of drug-likeness (QED) is 0.124. The van der Waals surface area contributed by atoms with Gasteiger partial charge in [0, 0.05) is 6.20 Å². The molecule has 0 aliphatic carbocycles. The van der Waals surface area contributed by atoms with Crippen molar-refractivity contribution in [1.29, 1.82) is 0 Å². The summed E-state index contributed by atoms with van der Waals surface area (Å²) in [6.07, 6.45) is 1.46. The Morgan fingerprint density at radius 2 is 1.51 bits per heavy atom. The van der Waals surface area contributed by atoms with Crippen molar-refractivity contribution in [3.05, 3.63) is 96.7 Å². The van der Waals surface area contributed by atoms with Gasteiger partial charge in [-0.15, -0.1) is 0 Å². The van der Waals surface area contributed by atoms with Crippen molar-refractivity contribution in [2.24, 2.45) is 0 Å². The average molecular weight is 714 g/mol. The summed E-state index contributed by atoms with van der Waals surface area (Å²) >= 11 is 0. The summed E-state index contributed by atoms with van der Waals surface area (Å²) in [5, 5.41) is 2.70. The van der Waals surface area contributed by atoms with Crippen LogP contribution in [0.3, 0.4) is 0 Å². The van der Waals surface area contributed by atoms with Gasteiger partial charge in [-0.2, -0.15) is 4.98 Å². The van der Waals surface area contributed by atoms with Gasteiger partial charge in [0.2, 0.25) is 11.7 Å². The molecule has 5 rings (SSSR count). The van der Waals surface area contributed by atoms with E-state index in [1.54, 1.807) is 79.0 Å². The van der Waals surface area contributed by atoms with Gasteiger partial charge >= 0.3 is 0 Å². The number of methoxy groups -OCH3 is 3. The first-order valence-corrected chi connectivity index (χ1v) is 17.3. The molecule has 14 heteroatoms. The molecule has 0 unspecified atom stereocenters. The van der Waals surface area contributed by atoms with E-state index < -0.39 is 10.0 Å². The standard InChI is InChI=1S/C37H39N5O8S/c1-37(2,3)24-14-17-26(18-15-24)51(44,45)42-35-33(50-30-12-8-7-11-29(30)48-6)36(49-22-20-32(43)39-31-13-9-10-21-38-31)41-34(40-35)27-23-25(46-4)16-19-28(27)47-5/h7-19,21,23H,20,22H2,1-6H3,(H,38,39,43)(H,40,41,42). The molecular weight excluding hydrogens is 675 g/mol. The summed E-state index contributed by atoms with van der Waals surface area (Å²) in [6.45, 7) is 5.94. The molecule has 5 aromatic rings. The molecule has 0 bridgehead atoms. The second-order valence-electron chi connectivity index (χ2n) is 12.1. The van der Waals surface area contributed by atoms with E-state index in [4.69, 9.17) is 23.7 Å². The number of aromatic nitrogens is 3. The fourth-order valence-electron chi connectivity index (χ4n) is 4.81. The minimum absolute atomic E-state index is 0.00785. The Morgan fingerprint density at radius 3 is 2.16 bits per heavy atom. The molecular formula is C37H39N5O8S. The van der Waals surface area contributed by atoms with E-state index in [9.17, 15) is 13.2 Å². The number of benzene rings is 3. The van der Waals surface area contributed by atoms with Gasteiger partial charge in [0.05, 0.1) is 44.8 Å². The van der Waals surface area contributed by atoms with Crippen molar-refractivity contribution < 1.29 is 36.9 Å². The van der Waals surface area contributed by atoms with Crippen molar-refractivity contribution in [1.82, 2.24) is 15.0 Å². The van der Waals surface area contributed by atoms with Gasteiger partial charge in [-0.05, 0) is 65.6 Å². The smallest absolute Gasteiger partial charge is 0.263 e. The Bertz CT molecular complexity index is 2090. The number of rotatable bonds is 14. The molecule has 0 saturated heterocycles. The van der Waals surface area contributed by atoms with Crippen molar-refractivity contribution in [2.75, 3.05) is 38.0 Å². The van der Waals surface area contributed by atoms with Gasteiger partial charge in [0.25, 0.3) is 15.9 Å². The van der Waals surface area contributed by atoms with Gasteiger partial charge in [0.15, 0.2) is 23.1 Å². The normalized spacial score (nSPS) is 11.3. The highest BCUT2D eigenvalue weighted by molar-refractivity contribution is 7.92. The summed E-state index contributed by atoms with van der Waals surface area (Å²) in [7, 11) is 0.203. The third-order valence-corrected chi connectivity index (χ3v) is 8.88. The Balaban J connectivity index is 1.62. The van der Waals surface area contributed by atoms with Crippen molar-refractivity contribution in [3.63, 3.8) is 0 Å². The zero-order valence-electron chi connectivity index (χ0n) is 29.1. The predicted octanol–water partition coefficient (Wildman–Crippen LogP) is 6.86. The lowest BCUT2D eigenvalue weighted by atomic mass is 9.87. The first-order valence-electron chi connectivity index (χ1n) is 15.8. The molecule has 2 aromatic heterocycles. The van der Waals surface area contributed by atoms with Crippen molar-refractivity contribution >= 4 is 27.6 Å². The molecule has 0 radical (unpaired) electrons. The average Bonchev–Trinajstić information content (AvgIpc) is 3.12. The van der Waals surface area contributed by atoms with E-state index in [-0.39, 0.29) is 58.3 Å². The van der Waals surface area contributed by atoms with Crippen LogP contribution in [0.25, 0.3) is 11.4 Å². The maximum atomic E-state index is 14.0. The van der Waals surface area contributed by atoms with Gasteiger partial charge in [0.1, 0.15) is 17.3 Å². The van der Waals surface area contributed by atoms with Crippen LogP contribution in [-0.2, 0) is 20.2 Å². The highest BCUT2D eigenvalue weighted by atomic mass is 32.2. The first kappa shape index (κ1) is 36.4. The number of nitrogens with zero attached hydrogens (tertiary/aromatic N) is 3. The summed E-state index contributed by atoms with van der Waals surface area (Å²) in [5.74, 6) is 0.864. The maximum absolute atomic E-state index is 14.0. The number of nitrogens with one attached hydrogen (secondary N) is 2. The van der Waals surface area contributed by atoms with Crippen LogP contribution in [0.4, 0.5) is 11.6 Å². The lowest BCUT2D eigenvalue weighted by molar-refractivity contribution is -0.116. The van der Waals surface area contributed by atoms with Crippen LogP contribution < -0.4 is 33.7 Å². The van der Waals surface area contributed by atoms with E-state index >= 15 is 0 Å². The number of carbonyl (C=O) groups is 1. The molecule has 0 saturated carbocycles. The molecule has 0 fully saturated rings. The van der Waals surface area contributed by atoms with Crippen LogP contribution in [0, 0.1) is 0 Å². The summed E-state index contributed by atoms with van der Waals surface area (Å²) in [4.78, 5) is 26.2. The molecule has 1 amide bonds. The number of carbonyl (C=O) groups excluding carboxylic acids is 1. The zero-order valence-corrected chi connectivity index (χ0v) is 29.9. The van der Waals surface area contributed by atoms with Gasteiger partial charge in [-0.25, -0.2) is 18.4 Å². The number of para-hydroxylation sites is 2. The molecule has 3 aromatic carbocycles. The van der Waals surface area contributed by atoms with E-state index in [2.05, 4.69) is 25.0 Å². The second kappa shape index (κ2) is 15.8. The number of pyridine rings is 1. The SMILES string of the molecule is COc1ccc(OC)c(-c2nc(NS(=O)(=O)c3ccc(C(C)(C)C)cc3)c(Oc3ccccc3OC)c(OCCC(=O)Nc3ccccn3)n2)c1. The van der Waals surface area contributed by atoms with Crippen LogP contribution in [0.5, 0.6) is 34.6 Å². The topological polar surface area (TPSA) is 160 Å². The lowest BCUT2D eigenvalue weighted by Gasteiger charge is -2.20. The monoisotopic (exact) mass is 713 g/mol. The molecule has 51 heavy (non-hydrogen) atoms. The van der Waals surface area contributed by atoms with Crippen molar-refractivity contribution in [2.45, 2.75) is 37.5 Å². The maximum Gasteiger partial charge on any atom is 0.263 e. The molecule has 266 valence electrons. The largest absolute Gasteiger partial charge is 0.497 e. The summed E-state index contributed by atoms with van der Waals surface area (Å²) in [6, 6.07) is 23.5. The van der Waals surface area contributed by atoms with Gasteiger partial charge in [-0.1, -0.05) is 51.1 Å². The fourth-order valence-corrected chi connectivity index (χ4v) is 5.82. The Morgan fingerprint density at radius 1 is 0.804 bits per heavy atom. The highest BCUT2D eigenvalue weighted by Crippen LogP contribution is 2.43. The van der Waals surface area contributed by atoms with Crippen LogP contribution in [-0.4, -0.2) is 57.2 Å². The highest BCUT2D eigenvalue weighted by Gasteiger charge is 2.27. The van der Waals surface area contributed by atoms with Crippen LogP contribution in [0.15, 0.2) is 96.0 Å². The van der Waals surface area contributed by atoms with E-state index in [1.165, 1.54) is 33.5 Å². The lowest BCUT2D eigenvalue weighted by Crippen LogP contribution is -2.18. The number of sulfonamides is 1. The molecule has 2 heterocycles.